The Morgan fingerprint density at radius 2 is 0.960 bits per heavy atom. The SMILES string of the molecule is CC/C=C\C/C=C\C/C=C\C/C=C\C/C=C\C/C=C\CC(O)C(=O)NC(COC1OC(CO)C(O)C(O)C1OC(=O)CCC/C=C\C/C=C\C/C=C\C/C=C\CCCCC)C(O)/C=C/CCCCCCCCCCC. The van der Waals surface area contributed by atoms with Crippen LogP contribution in [0.2, 0.25) is 0 Å². The van der Waals surface area contributed by atoms with Gasteiger partial charge in [0.25, 0.3) is 0 Å². The largest absolute Gasteiger partial charge is 0.454 e. The van der Waals surface area contributed by atoms with Gasteiger partial charge in [-0.1, -0.05) is 219 Å². The molecule has 424 valence electrons. The fraction of sp³-hybridized carbons (Fsp3) is 0.625. The van der Waals surface area contributed by atoms with Crippen molar-refractivity contribution in [1.29, 1.82) is 0 Å². The van der Waals surface area contributed by atoms with Gasteiger partial charge >= 0.3 is 5.97 Å². The quantitative estimate of drug-likeness (QED) is 0.0196. The van der Waals surface area contributed by atoms with Crippen LogP contribution in [0.3, 0.4) is 0 Å². The van der Waals surface area contributed by atoms with Gasteiger partial charge in [0, 0.05) is 12.8 Å². The van der Waals surface area contributed by atoms with Gasteiger partial charge in [-0.2, -0.15) is 0 Å². The lowest BCUT2D eigenvalue weighted by molar-refractivity contribution is -0.305. The van der Waals surface area contributed by atoms with Gasteiger partial charge in [0.15, 0.2) is 12.4 Å². The number of aliphatic hydroxyl groups is 5. The maximum atomic E-state index is 13.3. The van der Waals surface area contributed by atoms with Crippen molar-refractivity contribution in [3.8, 4) is 0 Å². The van der Waals surface area contributed by atoms with Crippen molar-refractivity contribution in [2.45, 2.75) is 243 Å². The number of ether oxygens (including phenoxy) is 3. The first-order valence-electron chi connectivity index (χ1n) is 29.0. The molecule has 11 nitrogen and oxygen atoms in total. The van der Waals surface area contributed by atoms with Crippen LogP contribution in [0.25, 0.3) is 0 Å². The molecule has 11 heteroatoms. The minimum atomic E-state index is -1.66. The molecule has 0 radical (unpaired) electrons. The summed E-state index contributed by atoms with van der Waals surface area (Å²) in [6.45, 7) is 5.53. The lowest BCUT2D eigenvalue weighted by Crippen LogP contribution is -2.61. The molecule has 8 unspecified atom stereocenters. The zero-order valence-corrected chi connectivity index (χ0v) is 46.6. The topological polar surface area (TPSA) is 175 Å². The van der Waals surface area contributed by atoms with Crippen LogP contribution in [0, 0.1) is 0 Å². The number of esters is 1. The predicted molar refractivity (Wildman–Crippen MR) is 310 cm³/mol. The summed E-state index contributed by atoms with van der Waals surface area (Å²) in [5.74, 6) is -1.36. The number of carbonyl (C=O) groups is 2. The third-order valence-electron chi connectivity index (χ3n) is 12.5. The number of unbranched alkanes of at least 4 members (excludes halogenated alkanes) is 13. The number of nitrogens with one attached hydrogen (secondary N) is 1. The van der Waals surface area contributed by atoms with E-state index in [9.17, 15) is 35.1 Å². The molecular formula is C64H103NO10. The zero-order valence-electron chi connectivity index (χ0n) is 46.6. The molecule has 1 heterocycles. The van der Waals surface area contributed by atoms with Crippen molar-refractivity contribution in [2.75, 3.05) is 13.2 Å². The first-order chi connectivity index (χ1) is 36.7. The van der Waals surface area contributed by atoms with Gasteiger partial charge in [0.2, 0.25) is 5.91 Å². The van der Waals surface area contributed by atoms with E-state index in [2.05, 4.69) is 117 Å². The third-order valence-corrected chi connectivity index (χ3v) is 12.5. The van der Waals surface area contributed by atoms with E-state index in [-0.39, 0.29) is 19.4 Å². The van der Waals surface area contributed by atoms with Crippen molar-refractivity contribution in [2.24, 2.45) is 0 Å². The van der Waals surface area contributed by atoms with Gasteiger partial charge in [0.05, 0.1) is 25.4 Å². The Balaban J connectivity index is 2.81. The molecular weight excluding hydrogens is 943 g/mol. The van der Waals surface area contributed by atoms with Gasteiger partial charge in [-0.25, -0.2) is 0 Å². The van der Waals surface area contributed by atoms with E-state index in [1.807, 2.05) is 30.4 Å². The number of carbonyl (C=O) groups excluding carboxylic acids is 2. The molecule has 1 saturated heterocycles. The standard InChI is InChI=1S/C64H103NO10/c1-4-7-10-13-16-19-22-24-26-28-30-31-33-36-39-42-45-48-51-57(68)63(72)65-55(56(67)50-47-44-41-38-35-21-18-15-12-9-6-3)54-73-64-62(61(71)60(70)58(53-66)74-64)75-59(69)52-49-46-43-40-37-34-32-29-27-25-23-20-17-14-11-8-5-2/h7,10,16-17,19-20,24-27,30-32,34,36,39-40,43,45,47-48,50,55-58,60-62,64,66-68,70-71H,4-6,8-9,11-15,18,21-23,28-29,33,35,37-38,41-42,44,46,49,51-54H2,1-3H3,(H,65,72)/b10-7-,19-16-,20-17-,26-24-,27-25-,31-30-,34-32-,39-36-,43-40-,48-45-,50-47+. The Labute approximate surface area is 454 Å². The first kappa shape index (κ1) is 68.8. The Morgan fingerprint density at radius 3 is 1.47 bits per heavy atom. The minimum Gasteiger partial charge on any atom is -0.454 e. The van der Waals surface area contributed by atoms with Gasteiger partial charge in [-0.15, -0.1) is 0 Å². The highest BCUT2D eigenvalue weighted by molar-refractivity contribution is 5.81. The second kappa shape index (κ2) is 50.6. The normalized spacial score (nSPS) is 20.2. The molecule has 1 aliphatic rings. The van der Waals surface area contributed by atoms with E-state index >= 15 is 0 Å². The number of hydrogen-bond acceptors (Lipinski definition) is 10. The van der Waals surface area contributed by atoms with Crippen LogP contribution in [-0.4, -0.2) is 99.6 Å². The summed E-state index contributed by atoms with van der Waals surface area (Å²) in [6, 6.07) is -1.08. The maximum absolute atomic E-state index is 13.3. The second-order valence-electron chi connectivity index (χ2n) is 19.3. The average molecular weight is 1050 g/mol. The summed E-state index contributed by atoms with van der Waals surface area (Å²) in [6.07, 6.45) is 60.9. The Hall–Kier alpha value is -4.20. The highest BCUT2D eigenvalue weighted by atomic mass is 16.7. The molecule has 1 fully saturated rings. The van der Waals surface area contributed by atoms with E-state index in [4.69, 9.17) is 14.2 Å². The molecule has 0 spiro atoms. The molecule has 0 aromatic heterocycles. The van der Waals surface area contributed by atoms with Crippen molar-refractivity contribution in [1.82, 2.24) is 5.32 Å². The van der Waals surface area contributed by atoms with Crippen LogP contribution in [0.15, 0.2) is 134 Å². The molecule has 8 atom stereocenters. The fourth-order valence-electron chi connectivity index (χ4n) is 7.95. The van der Waals surface area contributed by atoms with Crippen molar-refractivity contribution < 1.29 is 49.3 Å². The molecule has 1 aliphatic heterocycles. The lowest BCUT2D eigenvalue weighted by atomic mass is 9.99. The maximum Gasteiger partial charge on any atom is 0.306 e. The monoisotopic (exact) mass is 1050 g/mol. The first-order valence-corrected chi connectivity index (χ1v) is 29.0. The van der Waals surface area contributed by atoms with E-state index in [0.717, 1.165) is 83.5 Å². The highest BCUT2D eigenvalue weighted by Gasteiger charge is 2.47. The van der Waals surface area contributed by atoms with Crippen LogP contribution in [0.4, 0.5) is 0 Å². The summed E-state index contributed by atoms with van der Waals surface area (Å²) in [7, 11) is 0. The Bertz CT molecular complexity index is 1720. The van der Waals surface area contributed by atoms with E-state index < -0.39 is 67.4 Å². The smallest absolute Gasteiger partial charge is 0.306 e. The fourth-order valence-corrected chi connectivity index (χ4v) is 7.95. The number of hydrogen-bond donors (Lipinski definition) is 6. The minimum absolute atomic E-state index is 0.0310. The molecule has 1 rings (SSSR count). The highest BCUT2D eigenvalue weighted by Crippen LogP contribution is 2.26. The van der Waals surface area contributed by atoms with Gasteiger partial charge in [-0.05, 0) is 96.3 Å². The number of amides is 1. The van der Waals surface area contributed by atoms with Crippen LogP contribution in [0.1, 0.15) is 194 Å². The summed E-state index contributed by atoms with van der Waals surface area (Å²) in [5, 5.41) is 56.7. The molecule has 0 bridgehead atoms. The van der Waals surface area contributed by atoms with Crippen molar-refractivity contribution in [3.05, 3.63) is 134 Å². The predicted octanol–water partition coefficient (Wildman–Crippen LogP) is 13.3. The van der Waals surface area contributed by atoms with Crippen LogP contribution < -0.4 is 5.32 Å². The summed E-state index contributed by atoms with van der Waals surface area (Å²) in [5.41, 5.74) is 0. The molecule has 0 aromatic rings. The van der Waals surface area contributed by atoms with E-state index in [1.165, 1.54) is 57.8 Å². The zero-order chi connectivity index (χ0) is 54.7. The molecule has 0 saturated carbocycles. The van der Waals surface area contributed by atoms with Gasteiger partial charge in [0.1, 0.15) is 24.4 Å². The third kappa shape index (κ3) is 38.9. The van der Waals surface area contributed by atoms with E-state index in [0.29, 0.717) is 19.3 Å². The summed E-state index contributed by atoms with van der Waals surface area (Å²) in [4.78, 5) is 26.4. The summed E-state index contributed by atoms with van der Waals surface area (Å²) < 4.78 is 17.5. The number of allylic oxidation sites excluding steroid dienone is 20. The van der Waals surface area contributed by atoms with Gasteiger partial charge in [-0.3, -0.25) is 9.59 Å². The molecule has 0 aliphatic carbocycles. The van der Waals surface area contributed by atoms with Gasteiger partial charge < -0.3 is 45.1 Å². The van der Waals surface area contributed by atoms with Crippen LogP contribution in [-0.2, 0) is 23.8 Å². The number of aliphatic hydroxyl groups excluding tert-OH is 5. The Kier molecular flexibility index (Phi) is 46.4. The lowest BCUT2D eigenvalue weighted by Gasteiger charge is -2.41. The number of rotatable bonds is 46. The average Bonchev–Trinajstić information content (AvgIpc) is 3.41. The molecule has 0 aromatic carbocycles. The Morgan fingerprint density at radius 1 is 0.533 bits per heavy atom. The molecule has 75 heavy (non-hydrogen) atoms. The van der Waals surface area contributed by atoms with Crippen LogP contribution in [0.5, 0.6) is 0 Å². The molecule has 6 N–H and O–H groups in total. The van der Waals surface area contributed by atoms with Crippen LogP contribution >= 0.6 is 0 Å². The van der Waals surface area contributed by atoms with Crippen molar-refractivity contribution >= 4 is 11.9 Å². The molecule has 1 amide bonds. The van der Waals surface area contributed by atoms with Crippen molar-refractivity contribution in [3.63, 3.8) is 0 Å². The van der Waals surface area contributed by atoms with E-state index in [1.54, 1.807) is 12.2 Å². The second-order valence-corrected chi connectivity index (χ2v) is 19.3. The summed E-state index contributed by atoms with van der Waals surface area (Å²) >= 11 is 0.